The summed E-state index contributed by atoms with van der Waals surface area (Å²) in [5.74, 6) is 0.420. The van der Waals surface area contributed by atoms with Crippen molar-refractivity contribution in [2.45, 2.75) is 11.4 Å². The molecule has 1 aromatic heterocycles. The van der Waals surface area contributed by atoms with Crippen LogP contribution in [0.3, 0.4) is 0 Å². The zero-order valence-electron chi connectivity index (χ0n) is 16.3. The van der Waals surface area contributed by atoms with Crippen LogP contribution in [-0.4, -0.2) is 34.6 Å². The van der Waals surface area contributed by atoms with Gasteiger partial charge >= 0.3 is 0 Å². The van der Waals surface area contributed by atoms with Crippen LogP contribution in [0, 0.1) is 0 Å². The summed E-state index contributed by atoms with van der Waals surface area (Å²) in [6, 6.07) is 16.2. The lowest BCUT2D eigenvalue weighted by atomic mass is 10.2. The molecule has 3 rings (SSSR count). The van der Waals surface area contributed by atoms with Crippen LogP contribution < -0.4 is 14.8 Å². The zero-order chi connectivity index (χ0) is 21.4. The molecule has 0 saturated heterocycles. The second-order valence-electron chi connectivity index (χ2n) is 6.27. The highest BCUT2D eigenvalue weighted by Crippen LogP contribution is 2.17. The average molecular weight is 430 g/mol. The fraction of sp³-hybridized carbons (Fsp3) is 0.190. The minimum Gasteiger partial charge on any atom is -0.491 e. The van der Waals surface area contributed by atoms with Crippen LogP contribution in [0.25, 0.3) is 0 Å². The number of methoxy groups -OCH3 is 1. The van der Waals surface area contributed by atoms with Crippen LogP contribution in [0.1, 0.15) is 16.1 Å². The zero-order valence-corrected chi connectivity index (χ0v) is 17.1. The predicted molar refractivity (Wildman–Crippen MR) is 111 cm³/mol. The molecule has 8 nitrogen and oxygen atoms in total. The van der Waals surface area contributed by atoms with Crippen molar-refractivity contribution in [3.63, 3.8) is 0 Å². The summed E-state index contributed by atoms with van der Waals surface area (Å²) in [5.41, 5.74) is 1.32. The number of amides is 1. The van der Waals surface area contributed by atoms with E-state index >= 15 is 0 Å². The molecule has 0 aliphatic rings. The van der Waals surface area contributed by atoms with E-state index in [9.17, 15) is 13.2 Å². The Bertz CT molecular complexity index is 1050. The van der Waals surface area contributed by atoms with Gasteiger partial charge in [-0.15, -0.1) is 0 Å². The monoisotopic (exact) mass is 430 g/mol. The maximum absolute atomic E-state index is 12.5. The van der Waals surface area contributed by atoms with E-state index in [0.717, 1.165) is 5.56 Å². The van der Waals surface area contributed by atoms with Crippen molar-refractivity contribution in [3.8, 4) is 5.75 Å². The van der Waals surface area contributed by atoms with Crippen LogP contribution in [0.2, 0.25) is 0 Å². The highest BCUT2D eigenvalue weighted by atomic mass is 32.2. The number of benzene rings is 2. The quantitative estimate of drug-likeness (QED) is 0.479. The Morgan fingerprint density at radius 1 is 1.00 bits per heavy atom. The first-order chi connectivity index (χ1) is 14.5. The number of rotatable bonds is 10. The maximum atomic E-state index is 12.5. The Hall–Kier alpha value is -3.14. The van der Waals surface area contributed by atoms with Gasteiger partial charge in [-0.25, -0.2) is 13.1 Å². The molecule has 0 aliphatic heterocycles. The molecule has 2 N–H and O–H groups in total. The Kier molecular flexibility index (Phi) is 7.23. The summed E-state index contributed by atoms with van der Waals surface area (Å²) in [6.45, 7) is 0.951. The maximum Gasteiger partial charge on any atom is 0.291 e. The van der Waals surface area contributed by atoms with E-state index in [1.54, 1.807) is 55.6 Å². The molecule has 0 aliphatic carbocycles. The Balaban J connectivity index is 1.54. The van der Waals surface area contributed by atoms with Crippen LogP contribution in [-0.2, 0) is 21.3 Å². The summed E-state index contributed by atoms with van der Waals surface area (Å²) in [5, 5.41) is 2.70. The smallest absolute Gasteiger partial charge is 0.291 e. The van der Waals surface area contributed by atoms with E-state index in [-0.39, 0.29) is 23.1 Å². The van der Waals surface area contributed by atoms with Gasteiger partial charge in [-0.2, -0.15) is 0 Å². The van der Waals surface area contributed by atoms with Gasteiger partial charge in [0.1, 0.15) is 12.4 Å². The second-order valence-corrected chi connectivity index (χ2v) is 8.03. The van der Waals surface area contributed by atoms with Crippen LogP contribution >= 0.6 is 0 Å². The van der Waals surface area contributed by atoms with Crippen molar-refractivity contribution in [2.24, 2.45) is 0 Å². The minimum atomic E-state index is -3.67. The molecule has 30 heavy (non-hydrogen) atoms. The summed E-state index contributed by atoms with van der Waals surface area (Å²) in [7, 11) is -2.09. The van der Waals surface area contributed by atoms with E-state index in [4.69, 9.17) is 13.9 Å². The minimum absolute atomic E-state index is 0.112. The molecule has 158 valence electrons. The van der Waals surface area contributed by atoms with Crippen molar-refractivity contribution in [2.75, 3.05) is 25.6 Å². The highest BCUT2D eigenvalue weighted by Gasteiger charge is 2.14. The van der Waals surface area contributed by atoms with Crippen molar-refractivity contribution in [1.82, 2.24) is 4.72 Å². The van der Waals surface area contributed by atoms with Gasteiger partial charge in [0.15, 0.2) is 5.76 Å². The lowest BCUT2D eigenvalue weighted by Gasteiger charge is -2.09. The molecule has 0 saturated carbocycles. The van der Waals surface area contributed by atoms with E-state index in [1.807, 2.05) is 0 Å². The molecule has 1 heterocycles. The number of ether oxygens (including phenoxy) is 2. The summed E-state index contributed by atoms with van der Waals surface area (Å²) in [4.78, 5) is 12.1. The lowest BCUT2D eigenvalue weighted by Crippen LogP contribution is -2.23. The predicted octanol–water partition coefficient (Wildman–Crippen LogP) is 3.04. The molecular formula is C21H22N2O6S. The molecule has 0 spiro atoms. The van der Waals surface area contributed by atoms with E-state index in [2.05, 4.69) is 10.0 Å². The topological polar surface area (TPSA) is 107 Å². The molecule has 3 aromatic rings. The van der Waals surface area contributed by atoms with E-state index in [0.29, 0.717) is 24.7 Å². The van der Waals surface area contributed by atoms with Gasteiger partial charge in [0, 0.05) is 19.3 Å². The fourth-order valence-electron chi connectivity index (χ4n) is 2.53. The van der Waals surface area contributed by atoms with Gasteiger partial charge in [-0.1, -0.05) is 12.1 Å². The summed E-state index contributed by atoms with van der Waals surface area (Å²) < 4.78 is 42.9. The van der Waals surface area contributed by atoms with Gasteiger partial charge in [0.25, 0.3) is 5.91 Å². The summed E-state index contributed by atoms with van der Waals surface area (Å²) in [6.07, 6.45) is 1.42. The van der Waals surface area contributed by atoms with Crippen molar-refractivity contribution < 1.29 is 27.1 Å². The third kappa shape index (κ3) is 5.93. The number of anilines is 1. The average Bonchev–Trinajstić information content (AvgIpc) is 3.29. The van der Waals surface area contributed by atoms with Crippen LogP contribution in [0.15, 0.2) is 76.2 Å². The van der Waals surface area contributed by atoms with Crippen molar-refractivity contribution in [1.29, 1.82) is 0 Å². The second kappa shape index (κ2) is 10.1. The molecule has 0 radical (unpaired) electrons. The van der Waals surface area contributed by atoms with Crippen molar-refractivity contribution >= 4 is 21.6 Å². The van der Waals surface area contributed by atoms with E-state index in [1.165, 1.54) is 18.4 Å². The Labute approximate surface area is 174 Å². The first kappa shape index (κ1) is 21.6. The first-order valence-corrected chi connectivity index (χ1v) is 10.6. The van der Waals surface area contributed by atoms with Crippen LogP contribution in [0.5, 0.6) is 5.75 Å². The molecule has 2 aromatic carbocycles. The number of furan rings is 1. The van der Waals surface area contributed by atoms with E-state index < -0.39 is 10.0 Å². The van der Waals surface area contributed by atoms with Gasteiger partial charge in [-0.3, -0.25) is 4.79 Å². The number of nitrogens with one attached hydrogen (secondary N) is 2. The Morgan fingerprint density at radius 3 is 2.37 bits per heavy atom. The van der Waals surface area contributed by atoms with Gasteiger partial charge < -0.3 is 19.2 Å². The third-order valence-electron chi connectivity index (χ3n) is 4.11. The van der Waals surface area contributed by atoms with Crippen molar-refractivity contribution in [3.05, 3.63) is 78.3 Å². The molecular weight excluding hydrogens is 408 g/mol. The van der Waals surface area contributed by atoms with Gasteiger partial charge in [0.05, 0.1) is 17.8 Å². The highest BCUT2D eigenvalue weighted by molar-refractivity contribution is 7.89. The number of sulfonamides is 1. The molecule has 0 fully saturated rings. The lowest BCUT2D eigenvalue weighted by molar-refractivity contribution is 0.0996. The number of hydrogen-bond donors (Lipinski definition) is 2. The SMILES string of the molecule is COCCOc1ccc(S(=O)(=O)NCc2ccc(NC(=O)c3ccco3)cc2)cc1. The Morgan fingerprint density at radius 2 is 1.73 bits per heavy atom. The standard InChI is InChI=1S/C21H22N2O6S/c1-27-13-14-28-18-8-10-19(11-9-18)30(25,26)22-15-16-4-6-17(7-5-16)23-21(24)20-3-2-12-29-20/h2-12,22H,13-15H2,1H3,(H,23,24). The first-order valence-electron chi connectivity index (χ1n) is 9.13. The third-order valence-corrected chi connectivity index (χ3v) is 5.53. The molecule has 0 atom stereocenters. The normalized spacial score (nSPS) is 11.2. The molecule has 0 bridgehead atoms. The van der Waals surface area contributed by atoms with Gasteiger partial charge in [0.2, 0.25) is 10.0 Å². The number of carbonyl (C=O) groups excluding carboxylic acids is 1. The fourth-order valence-corrected chi connectivity index (χ4v) is 3.54. The molecule has 9 heteroatoms. The largest absolute Gasteiger partial charge is 0.491 e. The molecule has 0 unspecified atom stereocenters. The number of carbonyl (C=O) groups is 1. The summed E-state index contributed by atoms with van der Waals surface area (Å²) >= 11 is 0. The number of hydrogen-bond acceptors (Lipinski definition) is 6. The van der Waals surface area contributed by atoms with Crippen LogP contribution in [0.4, 0.5) is 5.69 Å². The molecule has 1 amide bonds. The van der Waals surface area contributed by atoms with Gasteiger partial charge in [-0.05, 0) is 54.1 Å².